The topological polar surface area (TPSA) is 130 Å². The van der Waals surface area contributed by atoms with Crippen molar-refractivity contribution < 1.29 is 14.2 Å². The van der Waals surface area contributed by atoms with Crippen LogP contribution >= 0.6 is 0 Å². The summed E-state index contributed by atoms with van der Waals surface area (Å²) < 4.78 is 4.48. The van der Waals surface area contributed by atoms with E-state index in [1.54, 1.807) is 22.1 Å². The molecule has 1 fully saturated rings. The van der Waals surface area contributed by atoms with Crippen molar-refractivity contribution in [2.24, 2.45) is 0 Å². The zero-order valence-electron chi connectivity index (χ0n) is 15.4. The summed E-state index contributed by atoms with van der Waals surface area (Å²) >= 11 is 0. The van der Waals surface area contributed by atoms with Gasteiger partial charge in [0.2, 0.25) is 11.5 Å². The zero-order valence-corrected chi connectivity index (χ0v) is 15.4. The summed E-state index contributed by atoms with van der Waals surface area (Å²) in [6, 6.07) is 3.50. The molecular weight excluding hydrogens is 350 g/mol. The van der Waals surface area contributed by atoms with Gasteiger partial charge in [-0.05, 0) is 34.3 Å². The number of amides is 3. The predicted octanol–water partition coefficient (Wildman–Crippen LogP) is 1.55. The minimum Gasteiger partial charge on any atom is -0.379 e. The molecule has 1 aliphatic rings. The first kappa shape index (κ1) is 18.6. The van der Waals surface area contributed by atoms with E-state index in [1.807, 2.05) is 6.07 Å². The minimum absolute atomic E-state index is 0.00217. The minimum atomic E-state index is -0.345. The first-order chi connectivity index (χ1) is 13.0. The fourth-order valence-corrected chi connectivity index (χ4v) is 2.83. The van der Waals surface area contributed by atoms with Gasteiger partial charge in [0.25, 0.3) is 5.91 Å². The highest BCUT2D eigenvalue weighted by atomic mass is 16.6. The molecule has 0 saturated carbocycles. The molecule has 0 atom stereocenters. The highest BCUT2D eigenvalue weighted by molar-refractivity contribution is 5.96. The molecule has 27 heavy (non-hydrogen) atoms. The molecule has 3 rings (SSSR count). The van der Waals surface area contributed by atoms with Crippen molar-refractivity contribution >= 4 is 23.6 Å². The van der Waals surface area contributed by atoms with Gasteiger partial charge in [0.15, 0.2) is 0 Å². The van der Waals surface area contributed by atoms with Gasteiger partial charge >= 0.3 is 6.03 Å². The van der Waals surface area contributed by atoms with Crippen LogP contribution in [0.25, 0.3) is 0 Å². The molecular formula is C17H23N7O3. The first-order valence-electron chi connectivity index (χ1n) is 8.85. The van der Waals surface area contributed by atoms with E-state index in [9.17, 15) is 9.59 Å². The Hall–Kier alpha value is -3.17. The third-order valence-corrected chi connectivity index (χ3v) is 4.47. The molecule has 1 aliphatic heterocycles. The SMILES string of the molecule is CC(C)c1ccc(NC(=O)N2CCCN(C(=O)c3nonc3N)CC2)nc1. The third kappa shape index (κ3) is 4.33. The lowest BCUT2D eigenvalue weighted by molar-refractivity contribution is 0.0752. The molecule has 0 spiro atoms. The quantitative estimate of drug-likeness (QED) is 0.834. The predicted molar refractivity (Wildman–Crippen MR) is 98.1 cm³/mol. The van der Waals surface area contributed by atoms with Crippen LogP contribution < -0.4 is 11.1 Å². The maximum atomic E-state index is 12.5. The van der Waals surface area contributed by atoms with E-state index < -0.39 is 0 Å². The lowest BCUT2D eigenvalue weighted by atomic mass is 10.1. The lowest BCUT2D eigenvalue weighted by Crippen LogP contribution is -2.39. The standard InChI is InChI=1S/C17H23N7O3/c1-11(2)12-4-5-13(19-10-12)20-17(26)24-7-3-6-23(8-9-24)16(25)14-15(18)22-27-21-14/h4-5,10-11H,3,6-9H2,1-2H3,(H2,18,22)(H,19,20,26). The molecule has 10 heteroatoms. The Balaban J connectivity index is 1.58. The van der Waals surface area contributed by atoms with Gasteiger partial charge in [0.05, 0.1) is 0 Å². The van der Waals surface area contributed by atoms with Crippen molar-refractivity contribution in [2.45, 2.75) is 26.2 Å². The summed E-state index contributed by atoms with van der Waals surface area (Å²) in [5, 5.41) is 9.77. The average molecular weight is 373 g/mol. The highest BCUT2D eigenvalue weighted by Gasteiger charge is 2.26. The van der Waals surface area contributed by atoms with Gasteiger partial charge in [-0.3, -0.25) is 10.1 Å². The fourth-order valence-electron chi connectivity index (χ4n) is 2.83. The van der Waals surface area contributed by atoms with Gasteiger partial charge in [-0.1, -0.05) is 19.9 Å². The maximum absolute atomic E-state index is 12.5. The van der Waals surface area contributed by atoms with Crippen molar-refractivity contribution in [1.82, 2.24) is 25.1 Å². The van der Waals surface area contributed by atoms with Gasteiger partial charge < -0.3 is 15.5 Å². The number of aromatic nitrogens is 3. The molecule has 3 heterocycles. The number of hydrogen-bond donors (Lipinski definition) is 2. The van der Waals surface area contributed by atoms with Crippen LogP contribution in [0.5, 0.6) is 0 Å². The van der Waals surface area contributed by atoms with Crippen molar-refractivity contribution in [3.63, 3.8) is 0 Å². The van der Waals surface area contributed by atoms with Gasteiger partial charge in [-0.15, -0.1) is 0 Å². The number of carbonyl (C=O) groups is 2. The molecule has 0 radical (unpaired) electrons. The number of nitrogens with zero attached hydrogens (tertiary/aromatic N) is 5. The Morgan fingerprint density at radius 3 is 2.52 bits per heavy atom. The summed E-state index contributed by atoms with van der Waals surface area (Å²) in [4.78, 5) is 32.5. The Labute approximate surface area is 156 Å². The van der Waals surface area contributed by atoms with E-state index >= 15 is 0 Å². The summed E-state index contributed by atoms with van der Waals surface area (Å²) in [5.74, 6) is 0.505. The van der Waals surface area contributed by atoms with E-state index in [-0.39, 0.29) is 23.5 Å². The monoisotopic (exact) mass is 373 g/mol. The second-order valence-electron chi connectivity index (χ2n) is 6.69. The number of carbonyl (C=O) groups excluding carboxylic acids is 2. The molecule has 2 aromatic rings. The molecule has 1 saturated heterocycles. The summed E-state index contributed by atoms with van der Waals surface area (Å²) in [7, 11) is 0. The van der Waals surface area contributed by atoms with Crippen molar-refractivity contribution in [3.05, 3.63) is 29.6 Å². The molecule has 3 amide bonds. The van der Waals surface area contributed by atoms with Crippen LogP contribution in [-0.2, 0) is 0 Å². The van der Waals surface area contributed by atoms with Crippen molar-refractivity contribution in [3.8, 4) is 0 Å². The summed E-state index contributed by atoms with van der Waals surface area (Å²) in [6.45, 7) is 5.97. The number of pyridine rings is 1. The van der Waals surface area contributed by atoms with E-state index in [0.29, 0.717) is 44.3 Å². The van der Waals surface area contributed by atoms with Crippen molar-refractivity contribution in [2.75, 3.05) is 37.2 Å². The molecule has 0 bridgehead atoms. The van der Waals surface area contributed by atoms with Crippen LogP contribution in [0.4, 0.5) is 16.4 Å². The third-order valence-electron chi connectivity index (χ3n) is 4.47. The Morgan fingerprint density at radius 1 is 1.15 bits per heavy atom. The number of rotatable bonds is 3. The Kier molecular flexibility index (Phi) is 5.53. The molecule has 2 aromatic heterocycles. The Morgan fingerprint density at radius 2 is 1.89 bits per heavy atom. The Bertz CT molecular complexity index is 803. The van der Waals surface area contributed by atoms with Gasteiger partial charge in [-0.25, -0.2) is 14.4 Å². The number of nitrogens with two attached hydrogens (primary N) is 1. The van der Waals surface area contributed by atoms with Crippen molar-refractivity contribution in [1.29, 1.82) is 0 Å². The second kappa shape index (κ2) is 8.02. The van der Waals surface area contributed by atoms with Gasteiger partial charge in [0.1, 0.15) is 5.82 Å². The number of nitrogen functional groups attached to an aromatic ring is 1. The van der Waals surface area contributed by atoms with E-state index in [4.69, 9.17) is 5.73 Å². The molecule has 3 N–H and O–H groups in total. The molecule has 0 aliphatic carbocycles. The summed E-state index contributed by atoms with van der Waals surface area (Å²) in [5.41, 5.74) is 6.69. The fraction of sp³-hybridized carbons (Fsp3) is 0.471. The zero-order chi connectivity index (χ0) is 19.4. The van der Waals surface area contributed by atoms with E-state index in [2.05, 4.69) is 39.1 Å². The van der Waals surface area contributed by atoms with Gasteiger partial charge in [0, 0.05) is 32.4 Å². The highest BCUT2D eigenvalue weighted by Crippen LogP contribution is 2.16. The first-order valence-corrected chi connectivity index (χ1v) is 8.85. The molecule has 0 unspecified atom stereocenters. The molecule has 0 aromatic carbocycles. The number of urea groups is 1. The van der Waals surface area contributed by atoms with Crippen LogP contribution in [-0.4, -0.2) is 63.2 Å². The van der Waals surface area contributed by atoms with E-state index in [0.717, 1.165) is 5.56 Å². The van der Waals surface area contributed by atoms with Gasteiger partial charge in [-0.2, -0.15) is 0 Å². The smallest absolute Gasteiger partial charge is 0.323 e. The van der Waals surface area contributed by atoms with Crippen LogP contribution in [0.2, 0.25) is 0 Å². The number of hydrogen-bond acceptors (Lipinski definition) is 7. The lowest BCUT2D eigenvalue weighted by Gasteiger charge is -2.21. The van der Waals surface area contributed by atoms with E-state index in [1.165, 1.54) is 0 Å². The molecule has 10 nitrogen and oxygen atoms in total. The molecule has 144 valence electrons. The number of nitrogens with one attached hydrogen (secondary N) is 1. The summed E-state index contributed by atoms with van der Waals surface area (Å²) in [6.07, 6.45) is 2.41. The number of anilines is 2. The maximum Gasteiger partial charge on any atom is 0.323 e. The van der Waals surface area contributed by atoms with Crippen LogP contribution in [0.3, 0.4) is 0 Å². The normalized spacial score (nSPS) is 14.9. The average Bonchev–Trinajstić information content (AvgIpc) is 2.92. The van der Waals surface area contributed by atoms with Crippen LogP contribution in [0, 0.1) is 0 Å². The van der Waals surface area contributed by atoms with Crippen LogP contribution in [0.1, 0.15) is 42.2 Å². The largest absolute Gasteiger partial charge is 0.379 e. The van der Waals surface area contributed by atoms with Crippen LogP contribution in [0.15, 0.2) is 23.0 Å². The second-order valence-corrected chi connectivity index (χ2v) is 6.69.